The zero-order chi connectivity index (χ0) is 47.1. The molecular formula is C68H46N2O. The van der Waals surface area contributed by atoms with Gasteiger partial charge in [-0.05, 0) is 140 Å². The van der Waals surface area contributed by atoms with E-state index in [0.29, 0.717) is 0 Å². The fraction of sp³-hybridized carbons (Fsp3) is 0. The van der Waals surface area contributed by atoms with Crippen LogP contribution < -0.4 is 9.80 Å². The molecule has 0 fully saturated rings. The second kappa shape index (κ2) is 17.9. The van der Waals surface area contributed by atoms with Crippen LogP contribution in [0.3, 0.4) is 0 Å². The topological polar surface area (TPSA) is 19.6 Å². The van der Waals surface area contributed by atoms with Gasteiger partial charge in [-0.1, -0.05) is 194 Å². The molecule has 13 rings (SSSR count). The van der Waals surface area contributed by atoms with Crippen molar-refractivity contribution in [2.45, 2.75) is 0 Å². The van der Waals surface area contributed by atoms with E-state index < -0.39 is 0 Å². The van der Waals surface area contributed by atoms with E-state index in [9.17, 15) is 0 Å². The van der Waals surface area contributed by atoms with Gasteiger partial charge in [-0.25, -0.2) is 0 Å². The first kappa shape index (κ1) is 41.7. The van der Waals surface area contributed by atoms with Gasteiger partial charge in [0.25, 0.3) is 0 Å². The SMILES string of the molecule is c1ccc(-c2ccc(N(c3ccc(-c4ccccc4)cc3)c3ccc4c(c3)oc3c5ccc(N(c6ccc(-c7ccccc7)cc6)c6ccc(-c7ccccc7)cc6)cc5c5ccccc5c43)cc2)cc1. The van der Waals surface area contributed by atoms with Crippen LogP contribution in [-0.2, 0) is 0 Å². The van der Waals surface area contributed by atoms with Crippen LogP contribution in [0.25, 0.3) is 88.0 Å². The van der Waals surface area contributed by atoms with Gasteiger partial charge in [0.2, 0.25) is 0 Å². The Hall–Kier alpha value is -9.44. The number of fused-ring (bicyclic) bond motifs is 8. The van der Waals surface area contributed by atoms with Crippen LogP contribution in [-0.4, -0.2) is 0 Å². The maximum atomic E-state index is 7.13. The average molecular weight is 907 g/mol. The van der Waals surface area contributed by atoms with Gasteiger partial charge in [-0.15, -0.1) is 0 Å². The largest absolute Gasteiger partial charge is 0.455 e. The van der Waals surface area contributed by atoms with Gasteiger partial charge < -0.3 is 14.2 Å². The van der Waals surface area contributed by atoms with Gasteiger partial charge in [-0.3, -0.25) is 0 Å². The van der Waals surface area contributed by atoms with Crippen molar-refractivity contribution in [1.82, 2.24) is 0 Å². The number of hydrogen-bond acceptors (Lipinski definition) is 3. The third kappa shape index (κ3) is 7.76. The molecule has 3 nitrogen and oxygen atoms in total. The molecule has 0 saturated carbocycles. The molecule has 71 heavy (non-hydrogen) atoms. The summed E-state index contributed by atoms with van der Waals surface area (Å²) in [4.78, 5) is 4.69. The minimum absolute atomic E-state index is 0.838. The Labute approximate surface area is 413 Å². The molecule has 3 heteroatoms. The fourth-order valence-electron chi connectivity index (χ4n) is 10.3. The Morgan fingerprint density at radius 2 is 0.521 bits per heavy atom. The summed E-state index contributed by atoms with van der Waals surface area (Å²) in [6.45, 7) is 0. The first-order valence-corrected chi connectivity index (χ1v) is 24.2. The number of furan rings is 1. The van der Waals surface area contributed by atoms with Crippen molar-refractivity contribution in [3.8, 4) is 44.5 Å². The van der Waals surface area contributed by atoms with Gasteiger partial charge in [-0.2, -0.15) is 0 Å². The van der Waals surface area contributed by atoms with E-state index in [0.717, 1.165) is 72.2 Å². The van der Waals surface area contributed by atoms with E-state index >= 15 is 0 Å². The molecule has 0 atom stereocenters. The lowest BCUT2D eigenvalue weighted by Crippen LogP contribution is -2.10. The molecule has 334 valence electrons. The molecule has 0 unspecified atom stereocenters. The molecule has 1 aromatic heterocycles. The van der Waals surface area contributed by atoms with Gasteiger partial charge in [0.05, 0.1) is 0 Å². The lowest BCUT2D eigenvalue weighted by Gasteiger charge is -2.26. The quantitative estimate of drug-likeness (QED) is 0.128. The minimum atomic E-state index is 0.838. The summed E-state index contributed by atoms with van der Waals surface area (Å²) >= 11 is 0. The van der Waals surface area contributed by atoms with E-state index in [1.807, 2.05) is 0 Å². The van der Waals surface area contributed by atoms with Crippen molar-refractivity contribution >= 4 is 77.6 Å². The van der Waals surface area contributed by atoms with Crippen molar-refractivity contribution in [3.05, 3.63) is 279 Å². The maximum Gasteiger partial charge on any atom is 0.143 e. The highest BCUT2D eigenvalue weighted by Crippen LogP contribution is 2.46. The van der Waals surface area contributed by atoms with Crippen LogP contribution in [0.2, 0.25) is 0 Å². The van der Waals surface area contributed by atoms with Crippen LogP contribution >= 0.6 is 0 Å². The number of benzene rings is 12. The number of nitrogens with zero attached hydrogens (tertiary/aromatic N) is 2. The Balaban J connectivity index is 0.943. The molecule has 12 aromatic carbocycles. The molecule has 0 aliphatic carbocycles. The van der Waals surface area contributed by atoms with Crippen molar-refractivity contribution in [2.24, 2.45) is 0 Å². The summed E-state index contributed by atoms with van der Waals surface area (Å²) in [5.41, 5.74) is 17.5. The van der Waals surface area contributed by atoms with E-state index in [2.05, 4.69) is 289 Å². The third-order valence-electron chi connectivity index (χ3n) is 13.9. The first-order chi connectivity index (χ1) is 35.2. The minimum Gasteiger partial charge on any atom is -0.455 e. The zero-order valence-corrected chi connectivity index (χ0v) is 38.9. The van der Waals surface area contributed by atoms with E-state index in [4.69, 9.17) is 4.42 Å². The summed E-state index contributed by atoms with van der Waals surface area (Å²) in [7, 11) is 0. The van der Waals surface area contributed by atoms with E-state index in [-0.39, 0.29) is 0 Å². The Kier molecular flexibility index (Phi) is 10.5. The standard InChI is InChI=1S/C68H46N2O/c1-5-15-47(16-6-1)51-25-33-55(34-26-51)69(56-35-27-52(28-36-56)48-17-7-2-8-18-48)59-41-43-63-65(45-59)61-23-13-14-24-62(61)67-64-44-42-60(46-66(64)71-68(63)67)70(57-37-29-53(30-38-57)49-19-9-3-10-20-49)58-39-31-54(32-40-58)50-21-11-4-12-22-50/h1-46H. The van der Waals surface area contributed by atoms with Crippen LogP contribution in [0, 0.1) is 0 Å². The van der Waals surface area contributed by atoms with Gasteiger partial charge in [0, 0.05) is 56.3 Å². The zero-order valence-electron chi connectivity index (χ0n) is 38.9. The van der Waals surface area contributed by atoms with Gasteiger partial charge >= 0.3 is 0 Å². The summed E-state index contributed by atoms with van der Waals surface area (Å²) in [6, 6.07) is 100. The summed E-state index contributed by atoms with van der Waals surface area (Å²) in [5, 5.41) is 6.76. The fourth-order valence-corrected chi connectivity index (χ4v) is 10.3. The second-order valence-electron chi connectivity index (χ2n) is 18.1. The summed E-state index contributed by atoms with van der Waals surface area (Å²) in [6.07, 6.45) is 0. The molecule has 0 saturated heterocycles. The Bertz CT molecular complexity index is 3820. The van der Waals surface area contributed by atoms with Crippen molar-refractivity contribution < 1.29 is 4.42 Å². The van der Waals surface area contributed by atoms with Crippen molar-refractivity contribution in [3.63, 3.8) is 0 Å². The average Bonchev–Trinajstić information content (AvgIpc) is 3.84. The maximum absolute atomic E-state index is 7.13. The summed E-state index contributed by atoms with van der Waals surface area (Å²) < 4.78 is 7.13. The molecule has 0 amide bonds. The van der Waals surface area contributed by atoms with Crippen molar-refractivity contribution in [2.75, 3.05) is 9.80 Å². The van der Waals surface area contributed by atoms with Crippen LogP contribution in [0.1, 0.15) is 0 Å². The second-order valence-corrected chi connectivity index (χ2v) is 18.1. The molecule has 0 aliphatic heterocycles. The molecule has 0 radical (unpaired) electrons. The number of hydrogen-bond donors (Lipinski definition) is 0. The molecule has 0 aliphatic rings. The van der Waals surface area contributed by atoms with E-state index in [1.165, 1.54) is 49.9 Å². The highest BCUT2D eigenvalue weighted by atomic mass is 16.3. The van der Waals surface area contributed by atoms with Gasteiger partial charge in [0.15, 0.2) is 0 Å². The third-order valence-corrected chi connectivity index (χ3v) is 13.9. The molecule has 0 spiro atoms. The predicted molar refractivity (Wildman–Crippen MR) is 300 cm³/mol. The summed E-state index contributed by atoms with van der Waals surface area (Å²) in [5.74, 6) is 0. The first-order valence-electron chi connectivity index (χ1n) is 24.2. The Morgan fingerprint density at radius 1 is 0.211 bits per heavy atom. The molecule has 0 bridgehead atoms. The molecule has 13 aromatic rings. The monoisotopic (exact) mass is 906 g/mol. The predicted octanol–water partition coefficient (Wildman–Crippen LogP) is 19.5. The highest BCUT2D eigenvalue weighted by molar-refractivity contribution is 6.30. The number of anilines is 6. The molecular weight excluding hydrogens is 861 g/mol. The molecule has 0 N–H and O–H groups in total. The van der Waals surface area contributed by atoms with Crippen LogP contribution in [0.5, 0.6) is 0 Å². The number of rotatable bonds is 10. The van der Waals surface area contributed by atoms with Crippen LogP contribution in [0.15, 0.2) is 283 Å². The molecule has 1 heterocycles. The smallest absolute Gasteiger partial charge is 0.143 e. The lowest BCUT2D eigenvalue weighted by molar-refractivity contribution is 0.673. The highest BCUT2D eigenvalue weighted by Gasteiger charge is 2.21. The van der Waals surface area contributed by atoms with Crippen molar-refractivity contribution in [1.29, 1.82) is 0 Å². The van der Waals surface area contributed by atoms with E-state index in [1.54, 1.807) is 0 Å². The van der Waals surface area contributed by atoms with Gasteiger partial charge in [0.1, 0.15) is 11.2 Å². The lowest BCUT2D eigenvalue weighted by atomic mass is 9.96. The normalized spacial score (nSPS) is 11.4. The van der Waals surface area contributed by atoms with Crippen LogP contribution in [0.4, 0.5) is 34.1 Å². The Morgan fingerprint density at radius 3 is 0.915 bits per heavy atom.